The molecule has 1 nitrogen and oxygen atoms in total. The third kappa shape index (κ3) is 2.78. The van der Waals surface area contributed by atoms with E-state index in [0.717, 1.165) is 12.8 Å². The van der Waals surface area contributed by atoms with Crippen LogP contribution in [0.2, 0.25) is 0 Å². The highest BCUT2D eigenvalue weighted by molar-refractivity contribution is 7.89. The van der Waals surface area contributed by atoms with Crippen molar-refractivity contribution in [2.24, 2.45) is 0 Å². The zero-order chi connectivity index (χ0) is 14.7. The number of aliphatic hydroxyl groups is 1. The van der Waals surface area contributed by atoms with Crippen LogP contribution in [0.1, 0.15) is 25.7 Å². The van der Waals surface area contributed by atoms with E-state index < -0.39 is 7.26 Å². The van der Waals surface area contributed by atoms with E-state index in [1.54, 1.807) is 0 Å². The summed E-state index contributed by atoms with van der Waals surface area (Å²) in [5.74, 6) is 0. The average molecular weight is 299 g/mol. The molecule has 1 saturated carbocycles. The SMILES string of the molecule is C[P+](c1ccccc1)(c1ccccc1)C1CCCCC1O. The monoisotopic (exact) mass is 299 g/mol. The first kappa shape index (κ1) is 14.8. The lowest BCUT2D eigenvalue weighted by atomic mass is 9.97. The van der Waals surface area contributed by atoms with Crippen molar-refractivity contribution in [1.29, 1.82) is 0 Å². The van der Waals surface area contributed by atoms with Crippen LogP contribution in [0.5, 0.6) is 0 Å². The molecule has 1 aliphatic carbocycles. The fourth-order valence-corrected chi connectivity index (χ4v) is 7.88. The van der Waals surface area contributed by atoms with E-state index in [1.807, 2.05) is 0 Å². The Morgan fingerprint density at radius 3 is 1.76 bits per heavy atom. The first-order valence-electron chi connectivity index (χ1n) is 7.88. The molecule has 3 rings (SSSR count). The Balaban J connectivity index is 2.11. The number of benzene rings is 2. The highest BCUT2D eigenvalue weighted by atomic mass is 31.2. The summed E-state index contributed by atoms with van der Waals surface area (Å²) < 4.78 is 0. The lowest BCUT2D eigenvalue weighted by Crippen LogP contribution is -2.40. The Kier molecular flexibility index (Phi) is 4.42. The molecule has 0 aliphatic heterocycles. The number of hydrogen-bond acceptors (Lipinski definition) is 1. The first-order chi connectivity index (χ1) is 10.2. The molecule has 0 aromatic heterocycles. The Morgan fingerprint density at radius 2 is 1.29 bits per heavy atom. The second-order valence-corrected chi connectivity index (χ2v) is 10.0. The largest absolute Gasteiger partial charge is 0.389 e. The van der Waals surface area contributed by atoms with Gasteiger partial charge in [-0.05, 0) is 43.5 Å². The minimum Gasteiger partial charge on any atom is -0.389 e. The Bertz CT molecular complexity index is 527. The van der Waals surface area contributed by atoms with E-state index in [1.165, 1.54) is 23.5 Å². The van der Waals surface area contributed by atoms with Gasteiger partial charge in [0, 0.05) is 0 Å². The zero-order valence-corrected chi connectivity index (χ0v) is 13.5. The van der Waals surface area contributed by atoms with Gasteiger partial charge in [0.25, 0.3) is 0 Å². The molecule has 21 heavy (non-hydrogen) atoms. The highest BCUT2D eigenvalue weighted by Crippen LogP contribution is 2.61. The molecule has 2 aromatic rings. The van der Waals surface area contributed by atoms with E-state index in [4.69, 9.17) is 0 Å². The van der Waals surface area contributed by atoms with Crippen LogP contribution in [0.25, 0.3) is 0 Å². The van der Waals surface area contributed by atoms with E-state index in [9.17, 15) is 5.11 Å². The van der Waals surface area contributed by atoms with Gasteiger partial charge >= 0.3 is 0 Å². The molecule has 0 saturated heterocycles. The zero-order valence-electron chi connectivity index (χ0n) is 12.7. The predicted octanol–water partition coefficient (Wildman–Crippen LogP) is 3.59. The molecule has 110 valence electrons. The van der Waals surface area contributed by atoms with Crippen LogP contribution in [0.4, 0.5) is 0 Å². The molecule has 1 N–H and O–H groups in total. The van der Waals surface area contributed by atoms with Gasteiger partial charge in [0.1, 0.15) is 5.66 Å². The van der Waals surface area contributed by atoms with Crippen LogP contribution in [0, 0.1) is 0 Å². The Labute approximate surface area is 128 Å². The fourth-order valence-electron chi connectivity index (χ4n) is 3.70. The summed E-state index contributed by atoms with van der Waals surface area (Å²) in [6.45, 7) is 2.41. The lowest BCUT2D eigenvalue weighted by molar-refractivity contribution is 0.135. The maximum Gasteiger partial charge on any atom is 0.105 e. The van der Waals surface area contributed by atoms with Gasteiger partial charge in [-0.15, -0.1) is 0 Å². The van der Waals surface area contributed by atoms with Crippen molar-refractivity contribution < 1.29 is 5.11 Å². The second-order valence-electron chi connectivity index (χ2n) is 6.17. The summed E-state index contributed by atoms with van der Waals surface area (Å²) in [6, 6.07) is 21.7. The molecule has 1 fully saturated rings. The van der Waals surface area contributed by atoms with Gasteiger partial charge in [-0.3, -0.25) is 0 Å². The van der Waals surface area contributed by atoms with Gasteiger partial charge in [0.05, 0.1) is 30.6 Å². The summed E-state index contributed by atoms with van der Waals surface area (Å²) in [7, 11) is -1.56. The lowest BCUT2D eigenvalue weighted by Gasteiger charge is -2.37. The molecule has 2 unspecified atom stereocenters. The van der Waals surface area contributed by atoms with Gasteiger partial charge in [-0.2, -0.15) is 0 Å². The van der Waals surface area contributed by atoms with Crippen molar-refractivity contribution in [1.82, 2.24) is 0 Å². The number of hydrogen-bond donors (Lipinski definition) is 1. The summed E-state index contributed by atoms with van der Waals surface area (Å²) in [6.07, 6.45) is 4.37. The van der Waals surface area contributed by atoms with E-state index in [0.29, 0.717) is 5.66 Å². The Morgan fingerprint density at radius 1 is 0.810 bits per heavy atom. The average Bonchev–Trinajstić information content (AvgIpc) is 2.56. The third-order valence-electron chi connectivity index (χ3n) is 4.94. The molecule has 2 atom stereocenters. The summed E-state index contributed by atoms with van der Waals surface area (Å²) in [5, 5.41) is 13.5. The van der Waals surface area contributed by atoms with Crippen molar-refractivity contribution in [3.05, 3.63) is 60.7 Å². The second kappa shape index (κ2) is 6.30. The third-order valence-corrected chi connectivity index (χ3v) is 9.61. The maximum atomic E-state index is 10.7. The standard InChI is InChI=1S/C19H24OP/c1-21(16-10-4-2-5-11-16,17-12-6-3-7-13-17)19-15-9-8-14-18(19)20/h2-7,10-13,18-20H,8-9,14-15H2,1H3/q+1. The van der Waals surface area contributed by atoms with Crippen LogP contribution in [-0.4, -0.2) is 23.5 Å². The normalized spacial score (nSPS) is 23.0. The molecule has 0 heterocycles. The molecule has 2 heteroatoms. The van der Waals surface area contributed by atoms with Crippen molar-refractivity contribution in [3.8, 4) is 0 Å². The van der Waals surface area contributed by atoms with Crippen molar-refractivity contribution in [2.45, 2.75) is 37.4 Å². The first-order valence-corrected chi connectivity index (χ1v) is 10.2. The fraction of sp³-hybridized carbons (Fsp3) is 0.368. The van der Waals surface area contributed by atoms with Crippen molar-refractivity contribution in [2.75, 3.05) is 6.66 Å². The number of rotatable bonds is 3. The van der Waals surface area contributed by atoms with Crippen LogP contribution in [-0.2, 0) is 0 Å². The van der Waals surface area contributed by atoms with Gasteiger partial charge in [-0.25, -0.2) is 0 Å². The molecule has 0 spiro atoms. The Hall–Kier alpha value is -1.17. The van der Waals surface area contributed by atoms with E-state index in [-0.39, 0.29) is 6.10 Å². The van der Waals surface area contributed by atoms with E-state index >= 15 is 0 Å². The molecular weight excluding hydrogens is 275 g/mol. The van der Waals surface area contributed by atoms with Gasteiger partial charge in [0.15, 0.2) is 0 Å². The molecule has 2 aromatic carbocycles. The van der Waals surface area contributed by atoms with Gasteiger partial charge in [-0.1, -0.05) is 42.8 Å². The molecule has 0 bridgehead atoms. The summed E-state index contributed by atoms with van der Waals surface area (Å²) >= 11 is 0. The smallest absolute Gasteiger partial charge is 0.105 e. The van der Waals surface area contributed by atoms with Crippen LogP contribution >= 0.6 is 7.26 Å². The molecule has 1 aliphatic rings. The maximum absolute atomic E-state index is 10.7. The van der Waals surface area contributed by atoms with Crippen LogP contribution < -0.4 is 10.6 Å². The summed E-state index contributed by atoms with van der Waals surface area (Å²) in [5.41, 5.74) is 0.399. The minimum atomic E-state index is -1.56. The highest BCUT2D eigenvalue weighted by Gasteiger charge is 2.49. The predicted molar refractivity (Wildman–Crippen MR) is 93.3 cm³/mol. The molecule has 0 amide bonds. The van der Waals surface area contributed by atoms with Gasteiger partial charge in [0.2, 0.25) is 0 Å². The minimum absolute atomic E-state index is 0.155. The van der Waals surface area contributed by atoms with Crippen LogP contribution in [0.3, 0.4) is 0 Å². The number of aliphatic hydroxyl groups excluding tert-OH is 1. The van der Waals surface area contributed by atoms with E-state index in [2.05, 4.69) is 67.3 Å². The van der Waals surface area contributed by atoms with Crippen molar-refractivity contribution in [3.63, 3.8) is 0 Å². The molecule has 0 radical (unpaired) electrons. The quantitative estimate of drug-likeness (QED) is 0.859. The van der Waals surface area contributed by atoms with Crippen molar-refractivity contribution >= 4 is 17.9 Å². The topological polar surface area (TPSA) is 20.2 Å². The summed E-state index contributed by atoms with van der Waals surface area (Å²) in [4.78, 5) is 0. The molecular formula is C19H24OP+. The van der Waals surface area contributed by atoms with Crippen LogP contribution in [0.15, 0.2) is 60.7 Å². The van der Waals surface area contributed by atoms with Gasteiger partial charge < -0.3 is 5.11 Å².